The van der Waals surface area contributed by atoms with Crippen LogP contribution in [0.3, 0.4) is 0 Å². The van der Waals surface area contributed by atoms with E-state index >= 15 is 0 Å². The maximum absolute atomic E-state index is 10.7. The second-order valence-electron chi connectivity index (χ2n) is 2.64. The van der Waals surface area contributed by atoms with Crippen molar-refractivity contribution >= 4 is 34.8 Å². The summed E-state index contributed by atoms with van der Waals surface area (Å²) < 4.78 is 0. The van der Waals surface area contributed by atoms with Gasteiger partial charge in [0.25, 0.3) is 0 Å². The highest BCUT2D eigenvalue weighted by molar-refractivity contribution is 6.35. The van der Waals surface area contributed by atoms with Crippen LogP contribution < -0.4 is 5.32 Å². The van der Waals surface area contributed by atoms with E-state index in [0.717, 1.165) is 0 Å². The lowest BCUT2D eigenvalue weighted by atomic mass is 10.3. The quantitative estimate of drug-likeness (QED) is 0.849. The Hall–Kier alpha value is -1.06. The molecule has 1 rings (SSSR count). The van der Waals surface area contributed by atoms with Crippen LogP contribution in [0.15, 0.2) is 18.8 Å². The fourth-order valence-corrected chi connectivity index (χ4v) is 1.40. The van der Waals surface area contributed by atoms with Gasteiger partial charge >= 0.3 is 0 Å². The van der Waals surface area contributed by atoms with Crippen molar-refractivity contribution in [1.82, 2.24) is 10.3 Å². The monoisotopic (exact) mass is 230 g/mol. The van der Waals surface area contributed by atoms with Gasteiger partial charge in [-0.1, -0.05) is 29.8 Å². The van der Waals surface area contributed by atoms with E-state index in [4.69, 9.17) is 23.2 Å². The van der Waals surface area contributed by atoms with E-state index in [1.807, 2.05) is 0 Å². The van der Waals surface area contributed by atoms with Crippen molar-refractivity contribution in [2.45, 2.75) is 6.92 Å². The number of nitrogens with one attached hydrogen (secondary N) is 1. The first-order valence-electron chi connectivity index (χ1n) is 3.78. The van der Waals surface area contributed by atoms with E-state index in [9.17, 15) is 4.79 Å². The molecule has 0 atom stereocenters. The van der Waals surface area contributed by atoms with Crippen LogP contribution in [0.4, 0.5) is 0 Å². The van der Waals surface area contributed by atoms with Gasteiger partial charge in [-0.15, -0.1) is 0 Å². The van der Waals surface area contributed by atoms with Gasteiger partial charge in [-0.2, -0.15) is 0 Å². The highest BCUT2D eigenvalue weighted by atomic mass is 35.5. The lowest BCUT2D eigenvalue weighted by molar-refractivity contribution is -0.117. The minimum atomic E-state index is -0.220. The zero-order valence-electron chi connectivity index (χ0n) is 7.47. The number of pyridine rings is 1. The van der Waals surface area contributed by atoms with Crippen molar-refractivity contribution in [2.24, 2.45) is 0 Å². The molecule has 1 aromatic heterocycles. The maximum atomic E-state index is 10.7. The molecule has 5 heteroatoms. The van der Waals surface area contributed by atoms with E-state index in [2.05, 4.69) is 16.9 Å². The Kier molecular flexibility index (Phi) is 3.49. The van der Waals surface area contributed by atoms with Gasteiger partial charge in [0.2, 0.25) is 5.91 Å². The fraction of sp³-hybridized carbons (Fsp3) is 0.111. The van der Waals surface area contributed by atoms with Gasteiger partial charge in [0.15, 0.2) is 0 Å². The Morgan fingerprint density at radius 2 is 2.21 bits per heavy atom. The molecule has 74 valence electrons. The average molecular weight is 231 g/mol. The first-order chi connectivity index (χ1) is 6.50. The largest absolute Gasteiger partial charge is 0.325 e. The van der Waals surface area contributed by atoms with Gasteiger partial charge < -0.3 is 5.32 Å². The summed E-state index contributed by atoms with van der Waals surface area (Å²) in [4.78, 5) is 14.7. The Balaban J connectivity index is 2.96. The van der Waals surface area contributed by atoms with Crippen molar-refractivity contribution in [2.75, 3.05) is 0 Å². The fourth-order valence-electron chi connectivity index (χ4n) is 0.908. The number of carbonyl (C=O) groups excluding carboxylic acids is 1. The SMILES string of the molecule is C=C(NC(C)=O)c1ncc(Cl)cc1Cl. The third-order valence-corrected chi connectivity index (χ3v) is 1.92. The van der Waals surface area contributed by atoms with Crippen LogP contribution in [0.25, 0.3) is 5.70 Å². The maximum Gasteiger partial charge on any atom is 0.221 e. The van der Waals surface area contributed by atoms with Crippen LogP contribution in [0.1, 0.15) is 12.6 Å². The molecule has 1 amide bonds. The summed E-state index contributed by atoms with van der Waals surface area (Å²) in [5.74, 6) is -0.220. The highest BCUT2D eigenvalue weighted by Gasteiger charge is 2.07. The normalized spacial score (nSPS) is 9.64. The van der Waals surface area contributed by atoms with Crippen LogP contribution in [0.5, 0.6) is 0 Å². The summed E-state index contributed by atoms with van der Waals surface area (Å²) in [6, 6.07) is 1.54. The molecule has 0 saturated carbocycles. The molecular weight excluding hydrogens is 223 g/mol. The van der Waals surface area contributed by atoms with Crippen molar-refractivity contribution < 1.29 is 4.79 Å². The van der Waals surface area contributed by atoms with Crippen molar-refractivity contribution in [3.05, 3.63) is 34.6 Å². The predicted molar refractivity (Wildman–Crippen MR) is 57.1 cm³/mol. The lowest BCUT2D eigenvalue weighted by Crippen LogP contribution is -2.18. The van der Waals surface area contributed by atoms with Crippen LogP contribution in [0, 0.1) is 0 Å². The predicted octanol–water partition coefficient (Wildman–Crippen LogP) is 2.50. The van der Waals surface area contributed by atoms with E-state index in [1.54, 1.807) is 6.07 Å². The summed E-state index contributed by atoms with van der Waals surface area (Å²) in [7, 11) is 0. The first kappa shape index (κ1) is 11.0. The molecule has 1 heterocycles. The van der Waals surface area contributed by atoms with Gasteiger partial charge in [-0.05, 0) is 6.07 Å². The molecule has 0 bridgehead atoms. The standard InChI is InChI=1S/C9H8Cl2N2O/c1-5(13-6(2)14)9-8(11)3-7(10)4-12-9/h3-4H,1H2,2H3,(H,13,14). The first-order valence-corrected chi connectivity index (χ1v) is 4.54. The zero-order chi connectivity index (χ0) is 10.7. The molecule has 0 aromatic carbocycles. The van der Waals surface area contributed by atoms with Crippen LogP contribution in [0.2, 0.25) is 10.0 Å². The van der Waals surface area contributed by atoms with Gasteiger partial charge in [0, 0.05) is 13.1 Å². The Labute approximate surface area is 91.7 Å². The molecule has 0 radical (unpaired) electrons. The summed E-state index contributed by atoms with van der Waals surface area (Å²) in [5.41, 5.74) is 0.783. The minimum Gasteiger partial charge on any atom is -0.325 e. The molecule has 0 spiro atoms. The van der Waals surface area contributed by atoms with Gasteiger partial charge in [0.05, 0.1) is 15.7 Å². The van der Waals surface area contributed by atoms with Gasteiger partial charge in [0.1, 0.15) is 5.69 Å². The molecule has 0 saturated heterocycles. The van der Waals surface area contributed by atoms with E-state index in [1.165, 1.54) is 13.1 Å². The Morgan fingerprint density at radius 3 is 2.71 bits per heavy atom. The molecule has 1 aromatic rings. The molecule has 0 unspecified atom stereocenters. The third-order valence-electron chi connectivity index (χ3n) is 1.42. The molecule has 1 N–H and O–H groups in total. The summed E-state index contributed by atoms with van der Waals surface area (Å²) in [5, 5.41) is 3.29. The number of hydrogen-bond acceptors (Lipinski definition) is 2. The number of carbonyl (C=O) groups is 1. The van der Waals surface area contributed by atoms with E-state index in [0.29, 0.717) is 21.4 Å². The van der Waals surface area contributed by atoms with Gasteiger partial charge in [-0.25, -0.2) is 0 Å². The molecule has 0 fully saturated rings. The summed E-state index contributed by atoms with van der Waals surface area (Å²) in [6.07, 6.45) is 1.44. The van der Waals surface area contributed by atoms with E-state index < -0.39 is 0 Å². The molecule has 0 aliphatic heterocycles. The minimum absolute atomic E-state index is 0.220. The number of amides is 1. The number of hydrogen-bond donors (Lipinski definition) is 1. The summed E-state index contributed by atoms with van der Waals surface area (Å²) in [6.45, 7) is 5.02. The molecule has 0 aliphatic rings. The van der Waals surface area contributed by atoms with Gasteiger partial charge in [-0.3, -0.25) is 9.78 Å². The van der Waals surface area contributed by atoms with Crippen molar-refractivity contribution in [1.29, 1.82) is 0 Å². The second-order valence-corrected chi connectivity index (χ2v) is 3.49. The lowest BCUT2D eigenvalue weighted by Gasteiger charge is -2.06. The molecular formula is C9H8Cl2N2O. The third kappa shape index (κ3) is 2.72. The average Bonchev–Trinajstić information content (AvgIpc) is 2.01. The number of nitrogens with zero attached hydrogens (tertiary/aromatic N) is 1. The zero-order valence-corrected chi connectivity index (χ0v) is 8.99. The van der Waals surface area contributed by atoms with Crippen molar-refractivity contribution in [3.8, 4) is 0 Å². The van der Waals surface area contributed by atoms with Crippen LogP contribution in [-0.4, -0.2) is 10.9 Å². The van der Waals surface area contributed by atoms with Crippen LogP contribution in [-0.2, 0) is 4.79 Å². The smallest absolute Gasteiger partial charge is 0.221 e. The molecule has 0 aliphatic carbocycles. The second kappa shape index (κ2) is 4.44. The van der Waals surface area contributed by atoms with E-state index in [-0.39, 0.29) is 5.91 Å². The number of rotatable bonds is 2. The Morgan fingerprint density at radius 1 is 1.57 bits per heavy atom. The molecule has 14 heavy (non-hydrogen) atoms. The van der Waals surface area contributed by atoms with Crippen LogP contribution >= 0.6 is 23.2 Å². The number of aromatic nitrogens is 1. The topological polar surface area (TPSA) is 42.0 Å². The molecule has 3 nitrogen and oxygen atoms in total. The highest BCUT2D eigenvalue weighted by Crippen LogP contribution is 2.22. The van der Waals surface area contributed by atoms with Crippen molar-refractivity contribution in [3.63, 3.8) is 0 Å². The number of halogens is 2. The summed E-state index contributed by atoms with van der Waals surface area (Å²) >= 11 is 11.5. The Bertz CT molecular complexity index is 390.